The van der Waals surface area contributed by atoms with Crippen LogP contribution in [0.4, 0.5) is 10.2 Å². The van der Waals surface area contributed by atoms with Crippen molar-refractivity contribution in [3.63, 3.8) is 0 Å². The fourth-order valence-corrected chi connectivity index (χ4v) is 5.10. The molecule has 8 heteroatoms. The van der Waals surface area contributed by atoms with Gasteiger partial charge in [0.1, 0.15) is 17.2 Å². The number of aromatic nitrogens is 4. The number of piperidine rings is 1. The van der Waals surface area contributed by atoms with Crippen LogP contribution in [0.2, 0.25) is 0 Å². The highest BCUT2D eigenvalue weighted by molar-refractivity contribution is 5.94. The van der Waals surface area contributed by atoms with E-state index in [1.165, 1.54) is 29.8 Å². The monoisotopic (exact) mass is 421 g/mol. The first-order valence-electron chi connectivity index (χ1n) is 10.9. The number of carboxylic acids is 1. The van der Waals surface area contributed by atoms with E-state index in [0.29, 0.717) is 28.7 Å². The standard InChI is InChI=1S/C23H24FN5O2/c1-23(5-6-23)4-2-18-16(9-14(24)10-25-18)20-15-8-13(15)12-28(20)19-3-7-29-21(27-19)17(11-26-29)22(30)31/h3,7,9-11,13,15,20H,2,4-6,8,12H2,1H3,(H,30,31)/t13-,15-,20-/m1/s1. The van der Waals surface area contributed by atoms with E-state index >= 15 is 0 Å². The minimum atomic E-state index is -1.05. The molecule has 7 nitrogen and oxygen atoms in total. The Hall–Kier alpha value is -3.03. The molecule has 3 atom stereocenters. The van der Waals surface area contributed by atoms with Crippen LogP contribution in [0.15, 0.2) is 30.7 Å². The van der Waals surface area contributed by atoms with Gasteiger partial charge in [-0.1, -0.05) is 6.92 Å². The fourth-order valence-electron chi connectivity index (χ4n) is 5.10. The van der Waals surface area contributed by atoms with Crippen LogP contribution in [-0.2, 0) is 6.42 Å². The van der Waals surface area contributed by atoms with E-state index in [1.54, 1.807) is 12.3 Å². The van der Waals surface area contributed by atoms with Gasteiger partial charge in [-0.05, 0) is 67.1 Å². The Kier molecular flexibility index (Phi) is 3.91. The number of rotatable bonds is 6. The average molecular weight is 421 g/mol. The Labute approximate surface area is 178 Å². The number of halogens is 1. The van der Waals surface area contributed by atoms with E-state index in [9.17, 15) is 14.3 Å². The van der Waals surface area contributed by atoms with Crippen LogP contribution >= 0.6 is 0 Å². The van der Waals surface area contributed by atoms with Gasteiger partial charge in [-0.15, -0.1) is 0 Å². The highest BCUT2D eigenvalue weighted by atomic mass is 19.1. The molecule has 0 amide bonds. The molecule has 31 heavy (non-hydrogen) atoms. The lowest BCUT2D eigenvalue weighted by Crippen LogP contribution is -2.28. The molecule has 0 radical (unpaired) electrons. The van der Waals surface area contributed by atoms with Crippen LogP contribution < -0.4 is 4.90 Å². The number of fused-ring (bicyclic) bond motifs is 2. The van der Waals surface area contributed by atoms with E-state index in [0.717, 1.165) is 37.1 Å². The van der Waals surface area contributed by atoms with Crippen molar-refractivity contribution in [1.29, 1.82) is 0 Å². The zero-order valence-electron chi connectivity index (χ0n) is 17.3. The number of nitrogens with zero attached hydrogens (tertiary/aromatic N) is 5. The number of hydrogen-bond acceptors (Lipinski definition) is 5. The average Bonchev–Trinajstić information content (AvgIpc) is 3.59. The molecule has 2 aliphatic carbocycles. The molecular weight excluding hydrogens is 397 g/mol. The van der Waals surface area contributed by atoms with Crippen LogP contribution in [0.5, 0.6) is 0 Å². The normalized spacial score (nSPS) is 25.6. The van der Waals surface area contributed by atoms with E-state index in [1.807, 2.05) is 6.07 Å². The minimum Gasteiger partial charge on any atom is -0.477 e. The van der Waals surface area contributed by atoms with Gasteiger partial charge in [0, 0.05) is 18.4 Å². The van der Waals surface area contributed by atoms with E-state index < -0.39 is 5.97 Å². The quantitative estimate of drug-likeness (QED) is 0.650. The van der Waals surface area contributed by atoms with Crippen molar-refractivity contribution in [2.24, 2.45) is 17.3 Å². The topological polar surface area (TPSA) is 83.6 Å². The van der Waals surface area contributed by atoms with Crippen molar-refractivity contribution in [3.05, 3.63) is 53.4 Å². The molecule has 0 aromatic carbocycles. The van der Waals surface area contributed by atoms with Gasteiger partial charge in [-0.25, -0.2) is 18.7 Å². The largest absolute Gasteiger partial charge is 0.477 e. The summed E-state index contributed by atoms with van der Waals surface area (Å²) in [5, 5.41) is 13.5. The second kappa shape index (κ2) is 6.48. The number of aromatic carboxylic acids is 1. The summed E-state index contributed by atoms with van der Waals surface area (Å²) >= 11 is 0. The zero-order chi connectivity index (χ0) is 21.3. The summed E-state index contributed by atoms with van der Waals surface area (Å²) in [5.74, 6) is 0.361. The van der Waals surface area contributed by atoms with Gasteiger partial charge in [0.05, 0.1) is 18.4 Å². The Morgan fingerprint density at radius 2 is 2.19 bits per heavy atom. The second-order valence-electron chi connectivity index (χ2n) is 9.67. The Morgan fingerprint density at radius 3 is 2.97 bits per heavy atom. The molecule has 2 saturated carbocycles. The predicted octanol–water partition coefficient (Wildman–Crippen LogP) is 3.89. The maximum Gasteiger partial charge on any atom is 0.341 e. The van der Waals surface area contributed by atoms with Gasteiger partial charge in [-0.3, -0.25) is 4.98 Å². The summed E-state index contributed by atoms with van der Waals surface area (Å²) in [5.41, 5.74) is 2.75. The van der Waals surface area contributed by atoms with Gasteiger partial charge in [0.25, 0.3) is 0 Å². The van der Waals surface area contributed by atoms with Gasteiger partial charge in [-0.2, -0.15) is 5.10 Å². The molecule has 0 spiro atoms. The van der Waals surface area contributed by atoms with Crippen molar-refractivity contribution in [2.75, 3.05) is 11.4 Å². The van der Waals surface area contributed by atoms with Crippen LogP contribution in [0, 0.1) is 23.1 Å². The first-order valence-corrected chi connectivity index (χ1v) is 10.9. The number of anilines is 1. The molecule has 0 bridgehead atoms. The molecular formula is C23H24FN5O2. The van der Waals surface area contributed by atoms with Crippen molar-refractivity contribution >= 4 is 17.4 Å². The van der Waals surface area contributed by atoms with Crippen LogP contribution in [0.3, 0.4) is 0 Å². The number of aryl methyl sites for hydroxylation is 1. The molecule has 1 aliphatic heterocycles. The van der Waals surface area contributed by atoms with E-state index in [2.05, 4.69) is 26.9 Å². The smallest absolute Gasteiger partial charge is 0.341 e. The summed E-state index contributed by atoms with van der Waals surface area (Å²) < 4.78 is 15.8. The van der Waals surface area contributed by atoms with Crippen LogP contribution in [-0.4, -0.2) is 37.2 Å². The SMILES string of the molecule is CC1(CCc2ncc(F)cc2[C@H]2[C@@H]3C[C@@H]3CN2c2ccn3ncc(C(=O)O)c3n2)CC1. The Balaban J connectivity index is 1.38. The molecule has 3 aromatic rings. The Bertz CT molecular complexity index is 1200. The molecule has 3 aliphatic rings. The minimum absolute atomic E-state index is 0.0151. The van der Waals surface area contributed by atoms with Crippen molar-refractivity contribution in [1.82, 2.24) is 19.6 Å². The fraction of sp³-hybridized carbons (Fsp3) is 0.478. The Morgan fingerprint density at radius 1 is 1.35 bits per heavy atom. The highest BCUT2D eigenvalue weighted by Crippen LogP contribution is 2.58. The molecule has 4 heterocycles. The lowest BCUT2D eigenvalue weighted by molar-refractivity contribution is 0.0698. The van der Waals surface area contributed by atoms with Crippen LogP contribution in [0.1, 0.15) is 60.3 Å². The number of pyridine rings is 1. The summed E-state index contributed by atoms with van der Waals surface area (Å²) in [4.78, 5) is 22.9. The summed E-state index contributed by atoms with van der Waals surface area (Å²) in [6.45, 7) is 3.14. The zero-order valence-corrected chi connectivity index (χ0v) is 17.3. The number of carbonyl (C=O) groups is 1. The number of carboxylic acid groups (broad SMARTS) is 1. The van der Waals surface area contributed by atoms with Crippen LogP contribution in [0.25, 0.3) is 5.65 Å². The van der Waals surface area contributed by atoms with E-state index in [-0.39, 0.29) is 17.4 Å². The molecule has 1 saturated heterocycles. The first-order chi connectivity index (χ1) is 14.9. The third-order valence-electron chi connectivity index (χ3n) is 7.39. The van der Waals surface area contributed by atoms with Gasteiger partial charge < -0.3 is 10.0 Å². The van der Waals surface area contributed by atoms with Crippen molar-refractivity contribution < 1.29 is 14.3 Å². The molecule has 3 fully saturated rings. The molecule has 1 N–H and O–H groups in total. The number of hydrogen-bond donors (Lipinski definition) is 1. The first kappa shape index (κ1) is 18.7. The summed E-state index contributed by atoms with van der Waals surface area (Å²) in [6.07, 6.45) is 9.95. The van der Waals surface area contributed by atoms with Gasteiger partial charge in [0.15, 0.2) is 5.65 Å². The summed E-state index contributed by atoms with van der Waals surface area (Å²) in [6, 6.07) is 3.53. The molecule has 3 aromatic heterocycles. The summed E-state index contributed by atoms with van der Waals surface area (Å²) in [7, 11) is 0. The molecule has 6 rings (SSSR count). The third-order valence-corrected chi connectivity index (χ3v) is 7.39. The lowest BCUT2D eigenvalue weighted by atomic mass is 9.94. The van der Waals surface area contributed by atoms with Gasteiger partial charge in [0.2, 0.25) is 0 Å². The van der Waals surface area contributed by atoms with Crippen molar-refractivity contribution in [2.45, 2.75) is 45.1 Å². The highest BCUT2D eigenvalue weighted by Gasteiger charge is 2.54. The van der Waals surface area contributed by atoms with Crippen molar-refractivity contribution in [3.8, 4) is 0 Å². The maximum absolute atomic E-state index is 14.3. The lowest BCUT2D eigenvalue weighted by Gasteiger charge is -2.30. The van der Waals surface area contributed by atoms with E-state index in [4.69, 9.17) is 0 Å². The third kappa shape index (κ3) is 3.16. The molecule has 160 valence electrons. The second-order valence-corrected chi connectivity index (χ2v) is 9.67. The molecule has 0 unspecified atom stereocenters. The maximum atomic E-state index is 14.3. The predicted molar refractivity (Wildman–Crippen MR) is 111 cm³/mol. The van der Waals surface area contributed by atoms with Gasteiger partial charge >= 0.3 is 5.97 Å².